The maximum atomic E-state index is 12.4. The monoisotopic (exact) mass is 872 g/mol. The number of benzene rings is 1. The van der Waals surface area contributed by atoms with Gasteiger partial charge in [0.15, 0.2) is 6.29 Å². The summed E-state index contributed by atoms with van der Waals surface area (Å²) in [6.45, 7) is 20.0. The summed E-state index contributed by atoms with van der Waals surface area (Å²) in [5.74, 6) is 7.25. The average Bonchev–Trinajstić information content (AvgIpc) is 4.04. The van der Waals surface area contributed by atoms with Crippen LogP contribution >= 0.6 is 0 Å². The topological polar surface area (TPSA) is 179 Å². The van der Waals surface area contributed by atoms with E-state index >= 15 is 0 Å². The van der Waals surface area contributed by atoms with Crippen LogP contribution in [0.15, 0.2) is 36.5 Å². The van der Waals surface area contributed by atoms with Crippen molar-refractivity contribution >= 4 is 47.8 Å². The van der Waals surface area contributed by atoms with Crippen molar-refractivity contribution in [2.45, 2.75) is 117 Å². The molecule has 0 radical (unpaired) electrons. The maximum absolute atomic E-state index is 12.4. The van der Waals surface area contributed by atoms with Crippen LogP contribution < -0.4 is 25.8 Å². The number of piperazine rings is 1. The molecule has 0 spiro atoms. The Morgan fingerprint density at radius 1 is 1.03 bits per heavy atom. The minimum absolute atomic E-state index is 0.0171. The van der Waals surface area contributed by atoms with Crippen LogP contribution in [0.25, 0.3) is 0 Å². The van der Waals surface area contributed by atoms with Crippen LogP contribution in [0.2, 0.25) is 0 Å². The van der Waals surface area contributed by atoms with E-state index in [1.165, 1.54) is 4.90 Å². The SMILES string of the molecule is CC.CN(C=O)c1c(C#CCN2CCN(CCn3nccc3C=O)CC2)cccc1N(C)C1CCC(=O)NC1=O.CNc1cc(C2CCC(OC(=O)NC(C)C)C2)nn1C(C)(C)C. The van der Waals surface area contributed by atoms with Gasteiger partial charge in [0.1, 0.15) is 23.7 Å². The Morgan fingerprint density at radius 2 is 1.75 bits per heavy atom. The lowest BCUT2D eigenvalue weighted by atomic mass is 10.0. The summed E-state index contributed by atoms with van der Waals surface area (Å²) in [7, 11) is 5.37. The number of imide groups is 1. The number of anilines is 3. The molecule has 6 rings (SSSR count). The number of aromatic nitrogens is 4. The van der Waals surface area contributed by atoms with Gasteiger partial charge in [0, 0.05) is 84.5 Å². The number of carbonyl (C=O) groups excluding carboxylic acids is 5. The summed E-state index contributed by atoms with van der Waals surface area (Å²) in [5, 5.41) is 17.4. The molecule has 344 valence electrons. The first-order chi connectivity index (χ1) is 30.1. The van der Waals surface area contributed by atoms with Gasteiger partial charge in [-0.3, -0.25) is 39.0 Å². The van der Waals surface area contributed by atoms with Gasteiger partial charge in [-0.1, -0.05) is 31.8 Å². The van der Waals surface area contributed by atoms with E-state index in [-0.39, 0.29) is 42.0 Å². The molecule has 3 aromatic rings. The molecular weight excluding hydrogens is 803 g/mol. The number of piperidine rings is 1. The fourth-order valence-electron chi connectivity index (χ4n) is 7.87. The van der Waals surface area contributed by atoms with Crippen molar-refractivity contribution in [3.63, 3.8) is 0 Å². The molecule has 4 amide bonds. The number of amides is 4. The molecule has 17 nitrogen and oxygen atoms in total. The second-order valence-electron chi connectivity index (χ2n) is 17.1. The van der Waals surface area contributed by atoms with Crippen molar-refractivity contribution in [2.75, 3.05) is 75.5 Å². The number of carbonyl (C=O) groups is 5. The van der Waals surface area contributed by atoms with E-state index in [0.29, 0.717) is 48.1 Å². The van der Waals surface area contributed by atoms with Gasteiger partial charge < -0.3 is 25.2 Å². The minimum Gasteiger partial charge on any atom is -0.446 e. The van der Waals surface area contributed by atoms with Crippen LogP contribution in [0.1, 0.15) is 108 Å². The van der Waals surface area contributed by atoms with Crippen LogP contribution in [0.4, 0.5) is 22.0 Å². The second-order valence-corrected chi connectivity index (χ2v) is 17.1. The van der Waals surface area contributed by atoms with Crippen LogP contribution in [-0.2, 0) is 31.2 Å². The lowest BCUT2D eigenvalue weighted by Crippen LogP contribution is -2.51. The number of aldehydes is 1. The van der Waals surface area contributed by atoms with Crippen molar-refractivity contribution in [1.29, 1.82) is 0 Å². The lowest BCUT2D eigenvalue weighted by Gasteiger charge is -2.34. The highest BCUT2D eigenvalue weighted by molar-refractivity contribution is 6.02. The van der Waals surface area contributed by atoms with Crippen molar-refractivity contribution in [3.8, 4) is 11.8 Å². The van der Waals surface area contributed by atoms with E-state index < -0.39 is 6.04 Å². The zero-order valence-electron chi connectivity index (χ0n) is 38.9. The molecule has 63 heavy (non-hydrogen) atoms. The fourth-order valence-corrected chi connectivity index (χ4v) is 7.87. The zero-order valence-corrected chi connectivity index (χ0v) is 38.9. The van der Waals surface area contributed by atoms with E-state index in [4.69, 9.17) is 9.84 Å². The number of alkyl carbamates (subject to hydrolysis) is 1. The van der Waals surface area contributed by atoms with Gasteiger partial charge in [-0.25, -0.2) is 9.48 Å². The predicted molar refractivity (Wildman–Crippen MR) is 246 cm³/mol. The normalized spacial score (nSPS) is 19.0. The van der Waals surface area contributed by atoms with E-state index in [0.717, 1.165) is 76.2 Å². The number of rotatable bonds is 13. The third kappa shape index (κ3) is 13.9. The number of hydrogen-bond acceptors (Lipinski definition) is 12. The number of hydrogen-bond donors (Lipinski definition) is 3. The fraction of sp³-hybridized carbons (Fsp3) is 0.587. The van der Waals surface area contributed by atoms with Crippen molar-refractivity contribution in [1.82, 2.24) is 40.0 Å². The van der Waals surface area contributed by atoms with Crippen LogP contribution in [-0.4, -0.2) is 139 Å². The summed E-state index contributed by atoms with van der Waals surface area (Å²) in [6, 6.07) is 9.00. The number of ether oxygens (including phenoxy) is 1. The number of likely N-dealkylation sites (N-methyl/N-ethyl adjacent to an activating group) is 1. The third-order valence-electron chi connectivity index (χ3n) is 11.2. The van der Waals surface area contributed by atoms with E-state index in [2.05, 4.69) is 69.5 Å². The molecule has 3 unspecified atom stereocenters. The Morgan fingerprint density at radius 3 is 2.37 bits per heavy atom. The Balaban J connectivity index is 0.000000298. The largest absolute Gasteiger partial charge is 0.446 e. The van der Waals surface area contributed by atoms with Crippen molar-refractivity contribution in [2.24, 2.45) is 0 Å². The molecule has 2 aliphatic heterocycles. The van der Waals surface area contributed by atoms with Crippen molar-refractivity contribution in [3.05, 3.63) is 53.5 Å². The first-order valence-electron chi connectivity index (χ1n) is 22.1. The molecular formula is C46H69N11O6. The van der Waals surface area contributed by atoms with Crippen molar-refractivity contribution < 1.29 is 28.7 Å². The Labute approximate surface area is 373 Å². The summed E-state index contributed by atoms with van der Waals surface area (Å²) in [4.78, 5) is 66.5. The average molecular weight is 872 g/mol. The van der Waals surface area contributed by atoms with Gasteiger partial charge in [-0.15, -0.1) is 0 Å². The molecule has 3 aliphatic rings. The van der Waals surface area contributed by atoms with Gasteiger partial charge in [-0.05, 0) is 78.5 Å². The van der Waals surface area contributed by atoms with Gasteiger partial charge in [-0.2, -0.15) is 10.2 Å². The molecule has 3 atom stereocenters. The molecule has 3 N–H and O–H groups in total. The standard InChI is InChI=1S/C27H33N7O4.C17H30N4O2.C2H6/c1-30(20-36)26-21(5-3-7-23(26)31(2)24-8-9-25(37)29-27(24)38)6-4-12-32-13-15-33(16-14-32)17-18-34-22(19-35)10-11-28-34;1-11(2)19-16(22)23-13-8-7-12(9-13)14-10-15(18-6)21(20-14)17(3,4)5;1-2/h3,5,7,10-11,19-20,24H,8-9,12-18H2,1-2H3,(H,29,37,38);10-13,18H,7-9H2,1-6H3,(H,19,22);1-2H3. The molecule has 4 heterocycles. The first-order valence-corrected chi connectivity index (χ1v) is 22.1. The highest BCUT2D eigenvalue weighted by Gasteiger charge is 2.33. The summed E-state index contributed by atoms with van der Waals surface area (Å²) < 4.78 is 9.26. The summed E-state index contributed by atoms with van der Waals surface area (Å²) >= 11 is 0. The smallest absolute Gasteiger partial charge is 0.407 e. The molecule has 17 heteroatoms. The van der Waals surface area contributed by atoms with Gasteiger partial charge in [0.05, 0.1) is 41.3 Å². The quantitative estimate of drug-likeness (QED) is 0.123. The first kappa shape index (κ1) is 49.9. The highest BCUT2D eigenvalue weighted by atomic mass is 16.6. The van der Waals surface area contributed by atoms with Crippen LogP contribution in [0, 0.1) is 11.8 Å². The number of nitrogens with zero attached hydrogens (tertiary/aromatic N) is 8. The van der Waals surface area contributed by atoms with Crippen LogP contribution in [0.5, 0.6) is 0 Å². The zero-order chi connectivity index (χ0) is 46.3. The predicted octanol–water partition coefficient (Wildman–Crippen LogP) is 4.68. The lowest BCUT2D eigenvalue weighted by molar-refractivity contribution is -0.134. The highest BCUT2D eigenvalue weighted by Crippen LogP contribution is 2.37. The Hall–Kier alpha value is -5.73. The molecule has 1 aliphatic carbocycles. The van der Waals surface area contributed by atoms with E-state index in [9.17, 15) is 24.0 Å². The summed E-state index contributed by atoms with van der Waals surface area (Å²) in [5.41, 5.74) is 3.62. The van der Waals surface area contributed by atoms with E-state index in [1.54, 1.807) is 31.0 Å². The molecule has 2 aromatic heterocycles. The number of para-hydroxylation sites is 1. The minimum atomic E-state index is -0.510. The van der Waals surface area contributed by atoms with Crippen LogP contribution in [0.3, 0.4) is 0 Å². The maximum Gasteiger partial charge on any atom is 0.407 e. The van der Waals surface area contributed by atoms with Gasteiger partial charge >= 0.3 is 6.09 Å². The Kier molecular flexibility index (Phi) is 18.7. The molecule has 0 bridgehead atoms. The third-order valence-corrected chi connectivity index (χ3v) is 11.2. The van der Waals surface area contributed by atoms with E-state index in [1.807, 2.05) is 62.5 Å². The Bertz CT molecular complexity index is 2050. The molecule has 2 saturated heterocycles. The molecule has 1 saturated carbocycles. The molecule has 3 fully saturated rings. The van der Waals surface area contributed by atoms with Gasteiger partial charge in [0.25, 0.3) is 0 Å². The second kappa shape index (κ2) is 23.6. The summed E-state index contributed by atoms with van der Waals surface area (Å²) in [6.07, 6.45) is 6.28. The van der Waals surface area contributed by atoms with Gasteiger partial charge in [0.2, 0.25) is 18.2 Å². The molecule has 1 aromatic carbocycles. The number of nitrogens with one attached hydrogen (secondary N) is 3.